The van der Waals surface area contributed by atoms with Gasteiger partial charge < -0.3 is 9.64 Å². The molecule has 3 rings (SSSR count). The Morgan fingerprint density at radius 3 is 2.41 bits per heavy atom. The van der Waals surface area contributed by atoms with Crippen LogP contribution in [-0.4, -0.2) is 52.6 Å². The van der Waals surface area contributed by atoms with E-state index in [1.54, 1.807) is 13.1 Å². The van der Waals surface area contributed by atoms with Gasteiger partial charge in [-0.25, -0.2) is 9.78 Å². The van der Waals surface area contributed by atoms with Crippen molar-refractivity contribution in [3.63, 3.8) is 0 Å². The molecule has 8 nitrogen and oxygen atoms in total. The van der Waals surface area contributed by atoms with E-state index in [1.807, 2.05) is 33.8 Å². The maximum absolute atomic E-state index is 12.8. The smallest absolute Gasteiger partial charge is 0.358 e. The number of esters is 1. The minimum absolute atomic E-state index is 0.0246. The number of imidazole rings is 1. The third kappa shape index (κ3) is 5.88. The Balaban J connectivity index is 1.68. The Labute approximate surface area is 190 Å². The minimum Gasteiger partial charge on any atom is -0.461 e. The summed E-state index contributed by atoms with van der Waals surface area (Å²) in [6.45, 7) is 9.64. The summed E-state index contributed by atoms with van der Waals surface area (Å²) < 4.78 is 6.98. The predicted octanol–water partition coefficient (Wildman–Crippen LogP) is 3.69. The number of fused-ring (bicyclic) bond motifs is 3. The first kappa shape index (κ1) is 23.8. The second-order valence-electron chi connectivity index (χ2n) is 8.04. The van der Waals surface area contributed by atoms with E-state index in [9.17, 15) is 9.59 Å². The van der Waals surface area contributed by atoms with E-state index >= 15 is 0 Å². The molecule has 0 atom stereocenters. The molecule has 0 fully saturated rings. The highest BCUT2D eigenvalue weighted by molar-refractivity contribution is 5.87. The molecule has 0 unspecified atom stereocenters. The van der Waals surface area contributed by atoms with E-state index in [4.69, 9.17) is 4.74 Å². The van der Waals surface area contributed by atoms with E-state index in [2.05, 4.69) is 29.2 Å². The molecule has 2 aromatic rings. The molecule has 0 saturated carbocycles. The van der Waals surface area contributed by atoms with Gasteiger partial charge in [0, 0.05) is 19.2 Å². The van der Waals surface area contributed by atoms with Gasteiger partial charge in [-0.2, -0.15) is 0 Å². The van der Waals surface area contributed by atoms with Crippen LogP contribution in [0.2, 0.25) is 0 Å². The van der Waals surface area contributed by atoms with Gasteiger partial charge >= 0.3 is 5.97 Å². The molecule has 1 N–H and O–H groups in total. The summed E-state index contributed by atoms with van der Waals surface area (Å²) in [4.78, 5) is 31.8. The topological polar surface area (TPSA) is 79.7 Å². The number of nitrogens with zero attached hydrogens (tertiary/aromatic N) is 4. The number of amides is 1. The number of anilines is 1. The van der Waals surface area contributed by atoms with Crippen LogP contribution in [0.3, 0.4) is 0 Å². The van der Waals surface area contributed by atoms with Crippen molar-refractivity contribution in [2.75, 3.05) is 31.3 Å². The lowest BCUT2D eigenvalue weighted by Crippen LogP contribution is -2.45. The molecule has 32 heavy (non-hydrogen) atoms. The molecule has 1 amide bonds. The highest BCUT2D eigenvalue weighted by Gasteiger charge is 2.26. The van der Waals surface area contributed by atoms with E-state index in [-0.39, 0.29) is 11.6 Å². The Kier molecular flexibility index (Phi) is 8.67. The first-order valence-corrected chi connectivity index (χ1v) is 11.7. The zero-order valence-corrected chi connectivity index (χ0v) is 19.5. The Hall–Kier alpha value is -2.87. The molecule has 1 aliphatic heterocycles. The minimum atomic E-state index is -0.443. The zero-order valence-electron chi connectivity index (χ0n) is 19.5. The van der Waals surface area contributed by atoms with Gasteiger partial charge in [0.1, 0.15) is 5.82 Å². The number of para-hydroxylation sites is 2. The third-order valence-corrected chi connectivity index (χ3v) is 5.57. The van der Waals surface area contributed by atoms with Crippen molar-refractivity contribution >= 4 is 17.6 Å². The number of aromatic nitrogens is 2. The van der Waals surface area contributed by atoms with Crippen molar-refractivity contribution in [3.8, 4) is 5.69 Å². The fraction of sp³-hybridized carbons (Fsp3) is 0.542. The molecular weight excluding hydrogens is 406 g/mol. The van der Waals surface area contributed by atoms with Gasteiger partial charge in [0.2, 0.25) is 5.91 Å². The summed E-state index contributed by atoms with van der Waals surface area (Å²) in [5.41, 5.74) is 5.05. The summed E-state index contributed by atoms with van der Waals surface area (Å²) >= 11 is 0. The number of hydrogen-bond donors (Lipinski definition) is 1. The van der Waals surface area contributed by atoms with E-state index in [0.29, 0.717) is 25.4 Å². The second-order valence-corrected chi connectivity index (χ2v) is 8.04. The average molecular weight is 442 g/mol. The van der Waals surface area contributed by atoms with Crippen molar-refractivity contribution in [3.05, 3.63) is 42.0 Å². The van der Waals surface area contributed by atoms with Crippen LogP contribution in [0, 0.1) is 0 Å². The largest absolute Gasteiger partial charge is 0.461 e. The maximum atomic E-state index is 12.8. The van der Waals surface area contributed by atoms with Gasteiger partial charge in [-0.15, -0.1) is 0 Å². The van der Waals surface area contributed by atoms with E-state index in [0.717, 1.165) is 56.7 Å². The van der Waals surface area contributed by atoms with Crippen LogP contribution in [0.1, 0.15) is 69.2 Å². The lowest BCUT2D eigenvalue weighted by molar-refractivity contribution is -0.121. The lowest BCUT2D eigenvalue weighted by atomic mass is 10.2. The molecule has 1 aromatic carbocycles. The number of benzene rings is 1. The molecule has 0 aliphatic carbocycles. The number of ether oxygens (including phenoxy) is 1. The fourth-order valence-corrected chi connectivity index (χ4v) is 3.83. The number of unbranched alkanes of at least 4 members (excludes halogenated alkanes) is 2. The van der Waals surface area contributed by atoms with Crippen LogP contribution < -0.4 is 10.4 Å². The van der Waals surface area contributed by atoms with Gasteiger partial charge in [-0.05, 0) is 45.0 Å². The SMILES string of the molecule is CCCCN(CCCC)CCC(=O)NN1Cc2nc(C(=O)OCC)cn2-c2ccccc21. The van der Waals surface area contributed by atoms with E-state index in [1.165, 1.54) is 0 Å². The Morgan fingerprint density at radius 2 is 1.75 bits per heavy atom. The Morgan fingerprint density at radius 1 is 1.06 bits per heavy atom. The molecule has 0 spiro atoms. The van der Waals surface area contributed by atoms with Crippen molar-refractivity contribution in [1.29, 1.82) is 0 Å². The molecule has 1 aliphatic rings. The van der Waals surface area contributed by atoms with Crippen LogP contribution in [0.25, 0.3) is 5.69 Å². The highest BCUT2D eigenvalue weighted by atomic mass is 16.5. The number of carbonyl (C=O) groups excluding carboxylic acids is 2. The summed E-state index contributed by atoms with van der Waals surface area (Å²) in [6.07, 6.45) is 6.74. The number of hydrogen-bond acceptors (Lipinski definition) is 6. The molecule has 8 heteroatoms. The maximum Gasteiger partial charge on any atom is 0.358 e. The lowest BCUT2D eigenvalue weighted by Gasteiger charge is -2.32. The summed E-state index contributed by atoms with van der Waals surface area (Å²) in [7, 11) is 0. The summed E-state index contributed by atoms with van der Waals surface area (Å²) in [6, 6.07) is 7.77. The molecule has 1 aromatic heterocycles. The third-order valence-electron chi connectivity index (χ3n) is 5.57. The highest BCUT2D eigenvalue weighted by Crippen LogP contribution is 2.30. The number of rotatable bonds is 12. The van der Waals surface area contributed by atoms with Gasteiger partial charge in [0.15, 0.2) is 5.69 Å². The van der Waals surface area contributed by atoms with Crippen molar-refractivity contribution in [1.82, 2.24) is 19.9 Å². The molecule has 0 saturated heterocycles. The molecule has 2 heterocycles. The normalized spacial score (nSPS) is 12.4. The number of nitrogens with one attached hydrogen (secondary N) is 1. The van der Waals surface area contributed by atoms with Crippen molar-refractivity contribution < 1.29 is 14.3 Å². The van der Waals surface area contributed by atoms with Crippen LogP contribution in [-0.2, 0) is 16.1 Å². The van der Waals surface area contributed by atoms with Gasteiger partial charge in [-0.3, -0.25) is 19.8 Å². The van der Waals surface area contributed by atoms with Crippen LogP contribution in [0.4, 0.5) is 5.69 Å². The van der Waals surface area contributed by atoms with Gasteiger partial charge in [-0.1, -0.05) is 38.8 Å². The van der Waals surface area contributed by atoms with Crippen molar-refractivity contribution in [2.45, 2.75) is 59.4 Å². The van der Waals surface area contributed by atoms with Crippen LogP contribution in [0.15, 0.2) is 30.5 Å². The quantitative estimate of drug-likeness (QED) is 0.506. The van der Waals surface area contributed by atoms with Gasteiger partial charge in [0.05, 0.1) is 24.5 Å². The first-order valence-electron chi connectivity index (χ1n) is 11.7. The fourth-order valence-electron chi connectivity index (χ4n) is 3.83. The van der Waals surface area contributed by atoms with Gasteiger partial charge in [0.25, 0.3) is 0 Å². The number of carbonyl (C=O) groups is 2. The van der Waals surface area contributed by atoms with E-state index < -0.39 is 5.97 Å². The molecule has 0 bridgehead atoms. The molecule has 0 radical (unpaired) electrons. The molecule has 174 valence electrons. The Bertz CT molecular complexity index is 903. The first-order chi connectivity index (χ1) is 15.6. The predicted molar refractivity (Wildman–Crippen MR) is 125 cm³/mol. The zero-order chi connectivity index (χ0) is 22.9. The number of hydrazine groups is 1. The summed E-state index contributed by atoms with van der Waals surface area (Å²) in [5.74, 6) is 0.213. The van der Waals surface area contributed by atoms with Crippen LogP contribution in [0.5, 0.6) is 0 Å². The standard InChI is InChI=1S/C24H35N5O3/c1-4-7-14-27(15-8-5-2)16-13-23(30)26-29-18-22-25-19(24(31)32-6-3)17-28(22)20-11-9-10-12-21(20)29/h9-12,17H,4-8,13-16,18H2,1-3H3,(H,26,30). The average Bonchev–Trinajstić information content (AvgIpc) is 3.23. The summed E-state index contributed by atoms with van der Waals surface area (Å²) in [5, 5.41) is 1.82. The molecular formula is C24H35N5O3. The van der Waals surface area contributed by atoms with Crippen LogP contribution >= 0.6 is 0 Å². The monoisotopic (exact) mass is 441 g/mol. The van der Waals surface area contributed by atoms with Crippen molar-refractivity contribution in [2.24, 2.45) is 0 Å². The second kappa shape index (κ2) is 11.7.